The minimum atomic E-state index is -3.42. The molecule has 138 valence electrons. The SMILES string of the molecule is CNCC(=O)N(C)c1ccc(N2CCC(N(C)S(C)(=O)=O)C2=O)cc1. The van der Waals surface area contributed by atoms with Crippen molar-refractivity contribution in [2.75, 3.05) is 50.3 Å². The van der Waals surface area contributed by atoms with Crippen LogP contribution in [-0.2, 0) is 19.6 Å². The minimum Gasteiger partial charge on any atom is -0.314 e. The van der Waals surface area contributed by atoms with Gasteiger partial charge in [-0.2, -0.15) is 4.31 Å². The molecule has 1 aliphatic rings. The number of rotatable bonds is 6. The fraction of sp³-hybridized carbons (Fsp3) is 0.500. The molecule has 0 aliphatic carbocycles. The second-order valence-electron chi connectivity index (χ2n) is 6.07. The van der Waals surface area contributed by atoms with E-state index >= 15 is 0 Å². The zero-order valence-corrected chi connectivity index (χ0v) is 15.7. The lowest BCUT2D eigenvalue weighted by molar-refractivity contribution is -0.120. The van der Waals surface area contributed by atoms with E-state index in [9.17, 15) is 18.0 Å². The summed E-state index contributed by atoms with van der Waals surface area (Å²) in [5, 5.41) is 2.81. The molecule has 1 aromatic carbocycles. The molecule has 0 saturated carbocycles. The van der Waals surface area contributed by atoms with E-state index in [1.54, 1.807) is 43.3 Å². The molecular formula is C16H24N4O4S. The average Bonchev–Trinajstić information content (AvgIpc) is 2.94. The lowest BCUT2D eigenvalue weighted by Crippen LogP contribution is -2.42. The third kappa shape index (κ3) is 4.17. The predicted octanol–water partition coefficient (Wildman–Crippen LogP) is -0.134. The largest absolute Gasteiger partial charge is 0.314 e. The predicted molar refractivity (Wildman–Crippen MR) is 97.1 cm³/mol. The molecule has 0 spiro atoms. The maximum atomic E-state index is 12.6. The molecule has 1 heterocycles. The van der Waals surface area contributed by atoms with Crippen molar-refractivity contribution in [2.45, 2.75) is 12.5 Å². The van der Waals surface area contributed by atoms with Gasteiger partial charge in [0.15, 0.2) is 0 Å². The maximum Gasteiger partial charge on any atom is 0.245 e. The van der Waals surface area contributed by atoms with E-state index in [-0.39, 0.29) is 18.4 Å². The second kappa shape index (κ2) is 7.51. The van der Waals surface area contributed by atoms with Crippen molar-refractivity contribution in [1.29, 1.82) is 0 Å². The summed E-state index contributed by atoms with van der Waals surface area (Å²) in [6.07, 6.45) is 1.54. The molecule has 1 aliphatic heterocycles. The maximum absolute atomic E-state index is 12.6. The number of benzene rings is 1. The summed E-state index contributed by atoms with van der Waals surface area (Å²) in [5.41, 5.74) is 1.41. The van der Waals surface area contributed by atoms with Gasteiger partial charge < -0.3 is 15.1 Å². The Labute approximate surface area is 148 Å². The van der Waals surface area contributed by atoms with Crippen LogP contribution >= 0.6 is 0 Å². The smallest absolute Gasteiger partial charge is 0.245 e. The van der Waals surface area contributed by atoms with Gasteiger partial charge in [-0.25, -0.2) is 8.42 Å². The van der Waals surface area contributed by atoms with Crippen LogP contribution in [0.2, 0.25) is 0 Å². The molecule has 0 aromatic heterocycles. The first kappa shape index (κ1) is 19.4. The van der Waals surface area contributed by atoms with Crippen molar-refractivity contribution in [2.24, 2.45) is 0 Å². The molecule has 2 amide bonds. The summed E-state index contributed by atoms with van der Waals surface area (Å²) in [6.45, 7) is 0.694. The van der Waals surface area contributed by atoms with Crippen molar-refractivity contribution in [1.82, 2.24) is 9.62 Å². The first-order valence-electron chi connectivity index (χ1n) is 7.92. The van der Waals surface area contributed by atoms with Gasteiger partial charge in [-0.3, -0.25) is 9.59 Å². The number of hydrogen-bond donors (Lipinski definition) is 1. The first-order chi connectivity index (χ1) is 11.7. The van der Waals surface area contributed by atoms with Crippen molar-refractivity contribution in [3.05, 3.63) is 24.3 Å². The van der Waals surface area contributed by atoms with E-state index < -0.39 is 16.1 Å². The Hall–Kier alpha value is -1.97. The van der Waals surface area contributed by atoms with Gasteiger partial charge in [0, 0.05) is 32.0 Å². The van der Waals surface area contributed by atoms with E-state index in [1.807, 2.05) is 0 Å². The zero-order valence-electron chi connectivity index (χ0n) is 14.9. The lowest BCUT2D eigenvalue weighted by Gasteiger charge is -2.22. The highest BCUT2D eigenvalue weighted by molar-refractivity contribution is 7.88. The Bertz CT molecular complexity index is 748. The fourth-order valence-electron chi connectivity index (χ4n) is 2.76. The van der Waals surface area contributed by atoms with Crippen molar-refractivity contribution in [3.63, 3.8) is 0 Å². The highest BCUT2D eigenvalue weighted by Crippen LogP contribution is 2.26. The van der Waals surface area contributed by atoms with Gasteiger partial charge in [-0.05, 0) is 37.7 Å². The molecule has 1 aromatic rings. The third-order valence-electron chi connectivity index (χ3n) is 4.39. The minimum absolute atomic E-state index is 0.0673. The lowest BCUT2D eigenvalue weighted by atomic mass is 10.2. The van der Waals surface area contributed by atoms with E-state index in [0.717, 1.165) is 16.2 Å². The number of amides is 2. The topological polar surface area (TPSA) is 90.0 Å². The van der Waals surface area contributed by atoms with Crippen molar-refractivity contribution in [3.8, 4) is 0 Å². The van der Waals surface area contributed by atoms with Gasteiger partial charge in [0.1, 0.15) is 6.04 Å². The summed E-state index contributed by atoms with van der Waals surface area (Å²) in [4.78, 5) is 27.5. The molecule has 8 nitrogen and oxygen atoms in total. The van der Waals surface area contributed by atoms with Gasteiger partial charge in [0.05, 0.1) is 12.8 Å². The Morgan fingerprint density at radius 1 is 1.28 bits per heavy atom. The average molecular weight is 368 g/mol. The first-order valence-corrected chi connectivity index (χ1v) is 9.77. The molecule has 1 unspecified atom stereocenters. The fourth-order valence-corrected chi connectivity index (χ4v) is 3.42. The number of anilines is 2. The summed E-state index contributed by atoms with van der Waals surface area (Å²) in [6, 6.07) is 6.39. The quantitative estimate of drug-likeness (QED) is 0.755. The van der Waals surface area contributed by atoms with Gasteiger partial charge in [0.25, 0.3) is 0 Å². The molecule has 2 rings (SSSR count). The second-order valence-corrected chi connectivity index (χ2v) is 8.12. The van der Waals surface area contributed by atoms with Gasteiger partial charge >= 0.3 is 0 Å². The monoisotopic (exact) mass is 368 g/mol. The molecule has 0 bridgehead atoms. The van der Waals surface area contributed by atoms with Crippen LogP contribution in [0, 0.1) is 0 Å². The summed E-state index contributed by atoms with van der Waals surface area (Å²) in [5.74, 6) is -0.303. The van der Waals surface area contributed by atoms with Crippen LogP contribution in [-0.4, -0.2) is 71.1 Å². The number of carbonyl (C=O) groups is 2. The number of hydrogen-bond acceptors (Lipinski definition) is 5. The van der Waals surface area contributed by atoms with Crippen LogP contribution in [0.3, 0.4) is 0 Å². The molecule has 0 radical (unpaired) electrons. The Morgan fingerprint density at radius 3 is 2.40 bits per heavy atom. The molecular weight excluding hydrogens is 344 g/mol. The van der Waals surface area contributed by atoms with Crippen LogP contribution in [0.4, 0.5) is 11.4 Å². The van der Waals surface area contributed by atoms with Crippen molar-refractivity contribution < 1.29 is 18.0 Å². The van der Waals surface area contributed by atoms with Gasteiger partial charge in [-0.15, -0.1) is 0 Å². The Balaban J connectivity index is 2.13. The molecule has 25 heavy (non-hydrogen) atoms. The number of nitrogens with zero attached hydrogens (tertiary/aromatic N) is 3. The number of likely N-dealkylation sites (N-methyl/N-ethyl adjacent to an activating group) is 3. The summed E-state index contributed by atoms with van der Waals surface area (Å²) < 4.78 is 24.4. The van der Waals surface area contributed by atoms with E-state index in [1.165, 1.54) is 11.9 Å². The Kier molecular flexibility index (Phi) is 5.81. The Morgan fingerprint density at radius 2 is 1.88 bits per heavy atom. The highest BCUT2D eigenvalue weighted by atomic mass is 32.2. The van der Waals surface area contributed by atoms with Crippen LogP contribution in [0.1, 0.15) is 6.42 Å². The number of carbonyl (C=O) groups excluding carboxylic acids is 2. The molecule has 1 N–H and O–H groups in total. The summed E-state index contributed by atoms with van der Waals surface area (Å²) in [7, 11) is 1.39. The van der Waals surface area contributed by atoms with Gasteiger partial charge in [0.2, 0.25) is 21.8 Å². The highest BCUT2D eigenvalue weighted by Gasteiger charge is 2.38. The molecule has 1 saturated heterocycles. The standard InChI is InChI=1S/C16H24N4O4S/c1-17-11-15(21)18(2)12-5-7-13(8-6-12)20-10-9-14(16(20)22)19(3)25(4,23)24/h5-8,14,17H,9-11H2,1-4H3. The molecule has 1 fully saturated rings. The van der Waals surface area contributed by atoms with Crippen LogP contribution in [0.5, 0.6) is 0 Å². The van der Waals surface area contributed by atoms with Gasteiger partial charge in [-0.1, -0.05) is 0 Å². The number of nitrogens with one attached hydrogen (secondary N) is 1. The summed E-state index contributed by atoms with van der Waals surface area (Å²) >= 11 is 0. The van der Waals surface area contributed by atoms with Crippen LogP contribution in [0.25, 0.3) is 0 Å². The molecule has 1 atom stereocenters. The normalized spacial score (nSPS) is 18.0. The van der Waals surface area contributed by atoms with E-state index in [2.05, 4.69) is 5.32 Å². The van der Waals surface area contributed by atoms with E-state index in [4.69, 9.17) is 0 Å². The molecule has 9 heteroatoms. The third-order valence-corrected chi connectivity index (χ3v) is 5.69. The van der Waals surface area contributed by atoms with Crippen LogP contribution < -0.4 is 15.1 Å². The number of sulfonamides is 1. The van der Waals surface area contributed by atoms with Crippen LogP contribution in [0.15, 0.2) is 24.3 Å². The van der Waals surface area contributed by atoms with Crippen molar-refractivity contribution >= 4 is 33.2 Å². The van der Waals surface area contributed by atoms with E-state index in [0.29, 0.717) is 18.7 Å². The zero-order chi connectivity index (χ0) is 18.8.